The van der Waals surface area contributed by atoms with Crippen molar-refractivity contribution in [1.29, 1.82) is 0 Å². The van der Waals surface area contributed by atoms with Gasteiger partial charge in [0, 0.05) is 29.8 Å². The van der Waals surface area contributed by atoms with Crippen molar-refractivity contribution >= 4 is 11.4 Å². The minimum atomic E-state index is -5.04. The molecule has 0 saturated heterocycles. The molecule has 0 bridgehead atoms. The van der Waals surface area contributed by atoms with E-state index < -0.39 is 45.3 Å². The molecule has 11 heteroatoms. The maximum absolute atomic E-state index is 13.2. The number of benzene rings is 2. The summed E-state index contributed by atoms with van der Waals surface area (Å²) in [7, 11) is 0. The van der Waals surface area contributed by atoms with Gasteiger partial charge in [0.15, 0.2) is 0 Å². The molecule has 2 rings (SSSR count). The Labute approximate surface area is 136 Å². The van der Waals surface area contributed by atoms with Gasteiger partial charge in [-0.05, 0) is 12.1 Å². The van der Waals surface area contributed by atoms with E-state index in [0.717, 1.165) is 24.3 Å². The Morgan fingerprint density at radius 1 is 0.960 bits per heavy atom. The van der Waals surface area contributed by atoms with E-state index in [0.29, 0.717) is 6.07 Å². The van der Waals surface area contributed by atoms with Gasteiger partial charge in [-0.2, -0.15) is 13.2 Å². The van der Waals surface area contributed by atoms with Crippen LogP contribution in [0.5, 0.6) is 11.5 Å². The van der Waals surface area contributed by atoms with Crippen LogP contribution in [0.4, 0.5) is 28.9 Å². The van der Waals surface area contributed by atoms with E-state index in [-0.39, 0.29) is 17.5 Å². The first-order valence-corrected chi connectivity index (χ1v) is 6.50. The summed E-state index contributed by atoms with van der Waals surface area (Å²) in [4.78, 5) is 19.5. The fourth-order valence-corrected chi connectivity index (χ4v) is 1.96. The Morgan fingerprint density at radius 3 is 1.96 bits per heavy atom. The number of nitro benzene ring substituents is 2. The third-order valence-electron chi connectivity index (χ3n) is 3.08. The molecule has 0 aliphatic rings. The van der Waals surface area contributed by atoms with Crippen molar-refractivity contribution in [3.8, 4) is 11.5 Å². The van der Waals surface area contributed by atoms with Gasteiger partial charge in [0.05, 0.1) is 9.85 Å². The lowest BCUT2D eigenvalue weighted by Gasteiger charge is -2.16. The molecule has 0 aliphatic carbocycles. The van der Waals surface area contributed by atoms with Gasteiger partial charge in [0.25, 0.3) is 11.4 Å². The molecular weight excluding hydrogens is 352 g/mol. The zero-order valence-electron chi connectivity index (χ0n) is 12.1. The van der Waals surface area contributed by atoms with Crippen molar-refractivity contribution < 1.29 is 32.1 Å². The molecule has 0 atom stereocenters. The summed E-state index contributed by atoms with van der Waals surface area (Å²) in [5, 5.41) is 21.3. The van der Waals surface area contributed by atoms with E-state index in [1.165, 1.54) is 0 Å². The molecule has 2 aromatic carbocycles. The van der Waals surface area contributed by atoms with Gasteiger partial charge in [-0.15, -0.1) is 0 Å². The van der Waals surface area contributed by atoms with Gasteiger partial charge < -0.3 is 4.74 Å². The lowest BCUT2D eigenvalue weighted by Crippen LogP contribution is -2.10. The lowest BCUT2D eigenvalue weighted by molar-refractivity contribution is -0.385. The maximum atomic E-state index is 13.2. The number of alkyl halides is 4. The standard InChI is InChI=1S/C14H8F4N2O5/c15-7-8-5-10(20(23)24)6-12(14(16,17)18)13(8)25-11-3-1-9(2-4-11)19(21)22/h1-6H,7H2. The van der Waals surface area contributed by atoms with Crippen LogP contribution in [0.15, 0.2) is 36.4 Å². The second-order valence-corrected chi connectivity index (χ2v) is 4.72. The second-order valence-electron chi connectivity index (χ2n) is 4.72. The highest BCUT2D eigenvalue weighted by molar-refractivity contribution is 5.53. The number of non-ortho nitro benzene ring substituents is 2. The maximum Gasteiger partial charge on any atom is 0.420 e. The third kappa shape index (κ3) is 4.00. The first-order valence-electron chi connectivity index (χ1n) is 6.50. The Bertz CT molecular complexity index is 821. The molecule has 0 amide bonds. The number of ether oxygens (including phenoxy) is 1. The summed E-state index contributed by atoms with van der Waals surface area (Å²) in [6.45, 7) is -1.44. The van der Waals surface area contributed by atoms with Gasteiger partial charge in [-0.1, -0.05) is 0 Å². The molecule has 0 N–H and O–H groups in total. The molecule has 2 aromatic rings. The average molecular weight is 360 g/mol. The molecule has 0 unspecified atom stereocenters. The minimum Gasteiger partial charge on any atom is -0.456 e. The van der Waals surface area contributed by atoms with Crippen molar-refractivity contribution in [2.24, 2.45) is 0 Å². The van der Waals surface area contributed by atoms with Crippen molar-refractivity contribution in [3.05, 3.63) is 67.8 Å². The Morgan fingerprint density at radius 2 is 1.52 bits per heavy atom. The highest BCUT2D eigenvalue weighted by atomic mass is 19.4. The van der Waals surface area contributed by atoms with Gasteiger partial charge in [-0.3, -0.25) is 20.2 Å². The molecule has 7 nitrogen and oxygen atoms in total. The van der Waals surface area contributed by atoms with Crippen molar-refractivity contribution in [2.45, 2.75) is 12.9 Å². The summed E-state index contributed by atoms with van der Waals surface area (Å²) in [5.74, 6) is -1.16. The molecular formula is C14H8F4N2O5. The van der Waals surface area contributed by atoms with Crippen LogP contribution in [0.2, 0.25) is 0 Å². The largest absolute Gasteiger partial charge is 0.456 e. The second kappa shape index (κ2) is 6.71. The number of halogens is 4. The number of hydrogen-bond acceptors (Lipinski definition) is 5. The smallest absolute Gasteiger partial charge is 0.420 e. The van der Waals surface area contributed by atoms with Crippen LogP contribution >= 0.6 is 0 Å². The summed E-state index contributed by atoms with van der Waals surface area (Å²) < 4.78 is 57.6. The number of nitro groups is 2. The average Bonchev–Trinajstić information content (AvgIpc) is 2.54. The van der Waals surface area contributed by atoms with Crippen LogP contribution in [-0.2, 0) is 12.9 Å². The van der Waals surface area contributed by atoms with E-state index in [1.54, 1.807) is 0 Å². The molecule has 25 heavy (non-hydrogen) atoms. The van der Waals surface area contributed by atoms with Gasteiger partial charge in [0.1, 0.15) is 23.7 Å². The molecule has 0 aromatic heterocycles. The van der Waals surface area contributed by atoms with Crippen LogP contribution < -0.4 is 4.74 Å². The first kappa shape index (κ1) is 18.1. The molecule has 0 fully saturated rings. The molecule has 132 valence electrons. The van der Waals surface area contributed by atoms with Crippen LogP contribution in [0, 0.1) is 20.2 Å². The van der Waals surface area contributed by atoms with E-state index in [1.807, 2.05) is 0 Å². The monoisotopic (exact) mass is 360 g/mol. The number of hydrogen-bond donors (Lipinski definition) is 0. The number of rotatable bonds is 5. The Balaban J connectivity index is 2.54. The first-order chi connectivity index (χ1) is 11.6. The summed E-state index contributed by atoms with van der Waals surface area (Å²) in [6.07, 6.45) is -5.04. The summed E-state index contributed by atoms with van der Waals surface area (Å²) >= 11 is 0. The zero-order valence-corrected chi connectivity index (χ0v) is 12.1. The fourth-order valence-electron chi connectivity index (χ4n) is 1.96. The summed E-state index contributed by atoms with van der Waals surface area (Å²) in [6, 6.07) is 4.91. The fraction of sp³-hybridized carbons (Fsp3) is 0.143. The molecule has 0 aliphatic heterocycles. The molecule has 0 saturated carbocycles. The van der Waals surface area contributed by atoms with Crippen molar-refractivity contribution in [2.75, 3.05) is 0 Å². The Kier molecular flexibility index (Phi) is 4.86. The topological polar surface area (TPSA) is 95.5 Å². The van der Waals surface area contributed by atoms with E-state index in [4.69, 9.17) is 4.74 Å². The molecule has 0 heterocycles. The third-order valence-corrected chi connectivity index (χ3v) is 3.08. The lowest BCUT2D eigenvalue weighted by atomic mass is 10.1. The van der Waals surface area contributed by atoms with E-state index in [9.17, 15) is 37.8 Å². The predicted octanol–water partition coefficient (Wildman–Crippen LogP) is 4.78. The normalized spacial score (nSPS) is 11.2. The quantitative estimate of drug-likeness (QED) is 0.434. The van der Waals surface area contributed by atoms with Crippen LogP contribution in [0.1, 0.15) is 11.1 Å². The van der Waals surface area contributed by atoms with Crippen molar-refractivity contribution in [1.82, 2.24) is 0 Å². The predicted molar refractivity (Wildman–Crippen MR) is 76.1 cm³/mol. The SMILES string of the molecule is O=[N+]([O-])c1ccc(Oc2c(CF)cc([N+](=O)[O-])cc2C(F)(F)F)cc1. The van der Waals surface area contributed by atoms with Gasteiger partial charge in [-0.25, -0.2) is 4.39 Å². The van der Waals surface area contributed by atoms with Crippen LogP contribution in [-0.4, -0.2) is 9.85 Å². The summed E-state index contributed by atoms with van der Waals surface area (Å²) in [5.41, 5.74) is -3.44. The van der Waals surface area contributed by atoms with Crippen LogP contribution in [0.3, 0.4) is 0 Å². The zero-order chi connectivity index (χ0) is 18.8. The van der Waals surface area contributed by atoms with E-state index >= 15 is 0 Å². The van der Waals surface area contributed by atoms with Gasteiger partial charge >= 0.3 is 6.18 Å². The molecule has 0 radical (unpaired) electrons. The Hall–Kier alpha value is -3.24. The van der Waals surface area contributed by atoms with Crippen LogP contribution in [0.25, 0.3) is 0 Å². The van der Waals surface area contributed by atoms with Crippen molar-refractivity contribution in [3.63, 3.8) is 0 Å². The highest BCUT2D eigenvalue weighted by Crippen LogP contribution is 2.43. The number of nitrogens with zero attached hydrogens (tertiary/aromatic N) is 2. The van der Waals surface area contributed by atoms with E-state index in [2.05, 4.69) is 0 Å². The highest BCUT2D eigenvalue weighted by Gasteiger charge is 2.38. The minimum absolute atomic E-state index is 0.223. The van der Waals surface area contributed by atoms with Gasteiger partial charge in [0.2, 0.25) is 0 Å². The molecule has 0 spiro atoms.